The monoisotopic (exact) mass is 309 g/mol. The van der Waals surface area contributed by atoms with E-state index in [4.69, 9.17) is 10.5 Å². The van der Waals surface area contributed by atoms with Crippen molar-refractivity contribution in [1.29, 1.82) is 0 Å². The van der Waals surface area contributed by atoms with E-state index in [-0.39, 0.29) is 12.5 Å². The number of amides is 2. The summed E-state index contributed by atoms with van der Waals surface area (Å²) in [5.41, 5.74) is 3.04. The topological polar surface area (TPSA) is 148 Å². The van der Waals surface area contributed by atoms with Crippen LogP contribution in [0.2, 0.25) is 0 Å². The maximum atomic E-state index is 12.3. The lowest BCUT2D eigenvalue weighted by Crippen LogP contribution is -2.55. The largest absolute Gasteiger partial charge is 0.444 e. The standard InChI is InChI=1S/C12H19N7O3/c1-11(2,3)22-10(21)15-12(4,6-5-7-13)8(20)14-9-16-18-19-17-9/h7,13H2,1-4H3,(H,15,21)(H2,14,16,17,18,19,20). The lowest BCUT2D eigenvalue weighted by atomic mass is 10.0. The van der Waals surface area contributed by atoms with Crippen LogP contribution >= 0.6 is 0 Å². The third-order valence-electron chi connectivity index (χ3n) is 2.22. The van der Waals surface area contributed by atoms with Crippen LogP contribution in [0.15, 0.2) is 0 Å². The van der Waals surface area contributed by atoms with Gasteiger partial charge in [0, 0.05) is 0 Å². The highest BCUT2D eigenvalue weighted by atomic mass is 16.6. The number of nitrogens with one attached hydrogen (secondary N) is 3. The van der Waals surface area contributed by atoms with E-state index in [2.05, 4.69) is 43.1 Å². The summed E-state index contributed by atoms with van der Waals surface area (Å²) in [6.07, 6.45) is -0.785. The second-order valence-electron chi connectivity index (χ2n) is 5.46. The first kappa shape index (κ1) is 17.4. The minimum Gasteiger partial charge on any atom is -0.444 e. The van der Waals surface area contributed by atoms with E-state index in [0.29, 0.717) is 0 Å². The number of alkyl carbamates (subject to hydrolysis) is 1. The van der Waals surface area contributed by atoms with E-state index < -0.39 is 23.1 Å². The highest BCUT2D eigenvalue weighted by Crippen LogP contribution is 2.11. The fourth-order valence-electron chi connectivity index (χ4n) is 1.32. The fourth-order valence-corrected chi connectivity index (χ4v) is 1.32. The van der Waals surface area contributed by atoms with Gasteiger partial charge in [-0.05, 0) is 38.1 Å². The molecule has 0 bridgehead atoms. The van der Waals surface area contributed by atoms with Crippen molar-refractivity contribution in [3.8, 4) is 11.8 Å². The van der Waals surface area contributed by atoms with Gasteiger partial charge in [0.2, 0.25) is 5.95 Å². The molecular weight excluding hydrogens is 290 g/mol. The molecule has 1 rings (SSSR count). The number of nitrogens with zero attached hydrogens (tertiary/aromatic N) is 3. The Morgan fingerprint density at radius 2 is 2.05 bits per heavy atom. The Hall–Kier alpha value is -2.67. The normalized spacial score (nSPS) is 13.3. The molecule has 1 heterocycles. The van der Waals surface area contributed by atoms with Crippen molar-refractivity contribution < 1.29 is 14.3 Å². The van der Waals surface area contributed by atoms with E-state index in [9.17, 15) is 9.59 Å². The number of tetrazole rings is 1. The third-order valence-corrected chi connectivity index (χ3v) is 2.22. The molecule has 0 fully saturated rings. The Bertz CT molecular complexity index is 582. The molecule has 0 aromatic carbocycles. The summed E-state index contributed by atoms with van der Waals surface area (Å²) < 4.78 is 5.12. The lowest BCUT2D eigenvalue weighted by molar-refractivity contribution is -0.120. The molecule has 0 aliphatic carbocycles. The molecule has 10 heteroatoms. The van der Waals surface area contributed by atoms with Crippen molar-refractivity contribution >= 4 is 17.9 Å². The van der Waals surface area contributed by atoms with Gasteiger partial charge in [-0.1, -0.05) is 16.9 Å². The number of nitrogens with two attached hydrogens (primary N) is 1. The molecule has 10 nitrogen and oxygen atoms in total. The first-order chi connectivity index (χ1) is 10.2. The van der Waals surface area contributed by atoms with Gasteiger partial charge >= 0.3 is 6.09 Å². The molecule has 120 valence electrons. The number of aromatic amines is 1. The van der Waals surface area contributed by atoms with Gasteiger partial charge in [-0.2, -0.15) is 0 Å². The Kier molecular flexibility index (Phi) is 5.42. The van der Waals surface area contributed by atoms with Crippen LogP contribution in [-0.4, -0.2) is 50.3 Å². The molecule has 0 saturated heterocycles. The quantitative estimate of drug-likeness (QED) is 0.544. The zero-order valence-corrected chi connectivity index (χ0v) is 12.9. The zero-order valence-electron chi connectivity index (χ0n) is 12.9. The molecule has 0 radical (unpaired) electrons. The van der Waals surface area contributed by atoms with Gasteiger partial charge in [-0.15, -0.1) is 0 Å². The number of carbonyl (C=O) groups is 2. The Morgan fingerprint density at radius 1 is 1.36 bits per heavy atom. The predicted octanol–water partition coefficient (Wildman–Crippen LogP) is -0.616. The number of hydrogen-bond acceptors (Lipinski definition) is 7. The molecule has 2 amide bonds. The zero-order chi connectivity index (χ0) is 16.8. The Balaban J connectivity index is 2.89. The van der Waals surface area contributed by atoms with Crippen LogP contribution in [-0.2, 0) is 9.53 Å². The van der Waals surface area contributed by atoms with Crippen molar-refractivity contribution in [3.05, 3.63) is 0 Å². The molecule has 5 N–H and O–H groups in total. The third kappa shape index (κ3) is 5.37. The molecule has 1 atom stereocenters. The van der Waals surface area contributed by atoms with Crippen molar-refractivity contribution in [1.82, 2.24) is 25.9 Å². The number of aromatic nitrogens is 4. The van der Waals surface area contributed by atoms with Crippen LogP contribution in [0.1, 0.15) is 27.7 Å². The predicted molar refractivity (Wildman–Crippen MR) is 77.4 cm³/mol. The second-order valence-corrected chi connectivity index (χ2v) is 5.46. The average molecular weight is 309 g/mol. The molecule has 1 unspecified atom stereocenters. The van der Waals surface area contributed by atoms with E-state index in [1.165, 1.54) is 6.92 Å². The maximum absolute atomic E-state index is 12.3. The number of carbonyl (C=O) groups excluding carboxylic acids is 2. The SMILES string of the molecule is CC(C)(C)OC(=O)NC(C)(C#CCN)C(=O)Nc1nnn[nH]1. The van der Waals surface area contributed by atoms with E-state index >= 15 is 0 Å². The van der Waals surface area contributed by atoms with Crippen LogP contribution in [0.5, 0.6) is 0 Å². The van der Waals surface area contributed by atoms with Crippen molar-refractivity contribution in [2.75, 3.05) is 11.9 Å². The van der Waals surface area contributed by atoms with Gasteiger partial charge in [-0.3, -0.25) is 15.4 Å². The summed E-state index contributed by atoms with van der Waals surface area (Å²) >= 11 is 0. The van der Waals surface area contributed by atoms with Crippen LogP contribution in [0, 0.1) is 11.8 Å². The highest BCUT2D eigenvalue weighted by Gasteiger charge is 2.35. The molecule has 0 saturated carbocycles. The van der Waals surface area contributed by atoms with Gasteiger partial charge in [-0.25, -0.2) is 9.89 Å². The summed E-state index contributed by atoms with van der Waals surface area (Å²) in [5.74, 6) is 4.53. The molecule has 1 aromatic heterocycles. The molecule has 0 spiro atoms. The number of ether oxygens (including phenoxy) is 1. The van der Waals surface area contributed by atoms with Gasteiger partial charge < -0.3 is 10.5 Å². The Morgan fingerprint density at radius 3 is 2.55 bits per heavy atom. The van der Waals surface area contributed by atoms with Gasteiger partial charge in [0.1, 0.15) is 5.60 Å². The summed E-state index contributed by atoms with van der Waals surface area (Å²) in [6, 6.07) is 0. The minimum atomic E-state index is -1.56. The van der Waals surface area contributed by atoms with Gasteiger partial charge in [0.25, 0.3) is 5.91 Å². The fraction of sp³-hybridized carbons (Fsp3) is 0.583. The number of anilines is 1. The summed E-state index contributed by atoms with van der Waals surface area (Å²) in [4.78, 5) is 24.2. The van der Waals surface area contributed by atoms with E-state index in [0.717, 1.165) is 0 Å². The molecule has 0 aliphatic heterocycles. The Labute approximate surface area is 127 Å². The lowest BCUT2D eigenvalue weighted by Gasteiger charge is -2.26. The summed E-state index contributed by atoms with van der Waals surface area (Å²) in [6.45, 7) is 6.56. The smallest absolute Gasteiger partial charge is 0.409 e. The number of rotatable bonds is 3. The van der Waals surface area contributed by atoms with Gasteiger partial charge in [0.05, 0.1) is 6.54 Å². The van der Waals surface area contributed by atoms with Crippen LogP contribution in [0.25, 0.3) is 0 Å². The highest BCUT2D eigenvalue weighted by molar-refractivity contribution is 6.01. The minimum absolute atomic E-state index is 0.0248. The van der Waals surface area contributed by atoms with Crippen LogP contribution in [0.3, 0.4) is 0 Å². The second kappa shape index (κ2) is 6.86. The van der Waals surface area contributed by atoms with Crippen molar-refractivity contribution in [3.63, 3.8) is 0 Å². The van der Waals surface area contributed by atoms with Gasteiger partial charge in [0.15, 0.2) is 5.54 Å². The van der Waals surface area contributed by atoms with E-state index in [1.807, 2.05) is 0 Å². The van der Waals surface area contributed by atoms with Crippen LogP contribution < -0.4 is 16.4 Å². The van der Waals surface area contributed by atoms with Crippen molar-refractivity contribution in [2.45, 2.75) is 38.8 Å². The molecule has 22 heavy (non-hydrogen) atoms. The number of H-pyrrole nitrogens is 1. The first-order valence-corrected chi connectivity index (χ1v) is 6.43. The molecule has 1 aromatic rings. The average Bonchev–Trinajstić information content (AvgIpc) is 2.86. The van der Waals surface area contributed by atoms with Crippen LogP contribution in [0.4, 0.5) is 10.7 Å². The van der Waals surface area contributed by atoms with E-state index in [1.54, 1.807) is 20.8 Å². The van der Waals surface area contributed by atoms with Crippen molar-refractivity contribution in [2.24, 2.45) is 5.73 Å². The summed E-state index contributed by atoms with van der Waals surface area (Å²) in [5, 5.41) is 17.3. The molecular formula is C12H19N7O3. The first-order valence-electron chi connectivity index (χ1n) is 6.43. The number of hydrogen-bond donors (Lipinski definition) is 4. The maximum Gasteiger partial charge on any atom is 0.409 e. The molecule has 0 aliphatic rings. The summed E-state index contributed by atoms with van der Waals surface area (Å²) in [7, 11) is 0.